The number of hydrogen-bond acceptors (Lipinski definition) is 1. The van der Waals surface area contributed by atoms with Gasteiger partial charge in [0.2, 0.25) is 0 Å². The van der Waals surface area contributed by atoms with Crippen molar-refractivity contribution in [1.82, 2.24) is 5.32 Å². The molecule has 0 aliphatic rings. The summed E-state index contributed by atoms with van der Waals surface area (Å²) in [5, 5.41) is 3.01. The molecule has 1 atom stereocenters. The third-order valence-electron chi connectivity index (χ3n) is 3.67. The van der Waals surface area contributed by atoms with Crippen molar-refractivity contribution < 1.29 is 13.2 Å². The van der Waals surface area contributed by atoms with Gasteiger partial charge in [-0.15, -0.1) is 0 Å². The Balaban J connectivity index is 2.57. The summed E-state index contributed by atoms with van der Waals surface area (Å²) in [6.45, 7) is 4.93. The number of hydrogen-bond donors (Lipinski definition) is 1. The minimum Gasteiger partial charge on any atom is -0.309 e. The topological polar surface area (TPSA) is 12.0 Å². The lowest BCUT2D eigenvalue weighted by molar-refractivity contribution is 0.546. The third kappa shape index (κ3) is 2.95. The first-order chi connectivity index (χ1) is 9.85. The number of nitrogens with one attached hydrogen (secondary N) is 1. The molecule has 1 unspecified atom stereocenters. The van der Waals surface area contributed by atoms with Gasteiger partial charge in [-0.25, -0.2) is 13.2 Å². The van der Waals surface area contributed by atoms with E-state index in [0.717, 1.165) is 11.6 Å². The van der Waals surface area contributed by atoms with Crippen molar-refractivity contribution in [2.75, 3.05) is 7.05 Å². The van der Waals surface area contributed by atoms with Crippen molar-refractivity contribution in [3.63, 3.8) is 0 Å². The Hall–Kier alpha value is -1.81. The Morgan fingerprint density at radius 1 is 0.810 bits per heavy atom. The zero-order valence-corrected chi connectivity index (χ0v) is 12.5. The van der Waals surface area contributed by atoms with E-state index in [9.17, 15) is 13.2 Å². The van der Waals surface area contributed by atoms with Gasteiger partial charge in [0.05, 0.1) is 6.04 Å². The van der Waals surface area contributed by atoms with Crippen LogP contribution in [0.4, 0.5) is 13.2 Å². The predicted octanol–water partition coefficient (Wildman–Crippen LogP) is 4.34. The minimum absolute atomic E-state index is 0.260. The van der Waals surface area contributed by atoms with Gasteiger partial charge in [-0.2, -0.15) is 0 Å². The van der Waals surface area contributed by atoms with Crippen LogP contribution in [0.1, 0.15) is 33.9 Å². The molecule has 2 aromatic rings. The fourth-order valence-corrected chi connectivity index (χ4v) is 2.55. The van der Waals surface area contributed by atoms with Gasteiger partial charge in [0.15, 0.2) is 0 Å². The highest BCUT2D eigenvalue weighted by Crippen LogP contribution is 2.28. The maximum Gasteiger partial charge on any atom is 0.131 e. The van der Waals surface area contributed by atoms with E-state index in [1.807, 2.05) is 0 Å². The average Bonchev–Trinajstić information content (AvgIpc) is 2.42. The highest BCUT2D eigenvalue weighted by atomic mass is 19.1. The molecule has 1 N–H and O–H groups in total. The van der Waals surface area contributed by atoms with Crippen LogP contribution in [0.5, 0.6) is 0 Å². The molecule has 0 aliphatic heterocycles. The Labute approximate surface area is 122 Å². The van der Waals surface area contributed by atoms with E-state index >= 15 is 0 Å². The van der Waals surface area contributed by atoms with Crippen LogP contribution < -0.4 is 5.32 Å². The summed E-state index contributed by atoms with van der Waals surface area (Å²) in [5.41, 5.74) is 2.48. The van der Waals surface area contributed by atoms with Crippen molar-refractivity contribution in [2.24, 2.45) is 0 Å². The van der Waals surface area contributed by atoms with Crippen molar-refractivity contribution >= 4 is 0 Å². The van der Waals surface area contributed by atoms with Gasteiger partial charge < -0.3 is 5.32 Å². The Kier molecular flexibility index (Phi) is 4.37. The molecule has 1 nitrogen and oxygen atoms in total. The summed E-state index contributed by atoms with van der Waals surface area (Å²) in [5.74, 6) is -1.45. The van der Waals surface area contributed by atoms with Crippen LogP contribution in [-0.2, 0) is 0 Å². The van der Waals surface area contributed by atoms with Crippen LogP contribution in [-0.4, -0.2) is 7.05 Å². The molecule has 0 amide bonds. The summed E-state index contributed by atoms with van der Waals surface area (Å²) in [7, 11) is 1.69. The zero-order chi connectivity index (χ0) is 15.7. The molecule has 4 heteroatoms. The van der Waals surface area contributed by atoms with E-state index in [4.69, 9.17) is 0 Å². The normalized spacial score (nSPS) is 12.5. The van der Waals surface area contributed by atoms with Gasteiger partial charge in [-0.1, -0.05) is 12.1 Å². The highest BCUT2D eigenvalue weighted by molar-refractivity contribution is 5.39. The Bertz CT molecular complexity index is 657. The number of halogens is 3. The first-order valence-corrected chi connectivity index (χ1v) is 6.74. The van der Waals surface area contributed by atoms with Crippen molar-refractivity contribution in [1.29, 1.82) is 0 Å². The van der Waals surface area contributed by atoms with Gasteiger partial charge in [0, 0.05) is 11.6 Å². The van der Waals surface area contributed by atoms with Crippen molar-refractivity contribution in [3.05, 3.63) is 69.5 Å². The standard InChI is InChI=1S/C17H18F3N/c1-9-7-13(15(19)8-14(9)18)17(21-4)12-5-10(2)16(20)11(3)6-12/h5-8,17,21H,1-4H3. The molecular formula is C17H18F3N. The number of aryl methyl sites for hydroxylation is 3. The van der Waals surface area contributed by atoms with Crippen LogP contribution in [0.25, 0.3) is 0 Å². The van der Waals surface area contributed by atoms with E-state index in [2.05, 4.69) is 5.32 Å². The molecule has 0 radical (unpaired) electrons. The van der Waals surface area contributed by atoms with E-state index < -0.39 is 17.7 Å². The van der Waals surface area contributed by atoms with Gasteiger partial charge in [0.1, 0.15) is 17.5 Å². The maximum absolute atomic E-state index is 14.1. The Morgan fingerprint density at radius 2 is 1.38 bits per heavy atom. The smallest absolute Gasteiger partial charge is 0.131 e. The van der Waals surface area contributed by atoms with E-state index in [-0.39, 0.29) is 5.82 Å². The fraction of sp³-hybridized carbons (Fsp3) is 0.294. The maximum atomic E-state index is 14.1. The van der Waals surface area contributed by atoms with E-state index in [1.165, 1.54) is 6.07 Å². The lowest BCUT2D eigenvalue weighted by atomic mass is 9.94. The average molecular weight is 293 g/mol. The molecule has 2 aromatic carbocycles. The molecular weight excluding hydrogens is 275 g/mol. The molecule has 112 valence electrons. The van der Waals surface area contributed by atoms with Crippen LogP contribution in [0.15, 0.2) is 24.3 Å². The quantitative estimate of drug-likeness (QED) is 0.887. The molecule has 0 aromatic heterocycles. The molecule has 0 heterocycles. The highest BCUT2D eigenvalue weighted by Gasteiger charge is 2.19. The van der Waals surface area contributed by atoms with E-state index in [1.54, 1.807) is 40.0 Å². The lowest BCUT2D eigenvalue weighted by Gasteiger charge is -2.20. The summed E-state index contributed by atoms with van der Waals surface area (Å²) in [6, 6.07) is 5.28. The second-order valence-electron chi connectivity index (χ2n) is 5.31. The second kappa shape index (κ2) is 5.90. The van der Waals surface area contributed by atoms with Gasteiger partial charge in [-0.3, -0.25) is 0 Å². The summed E-state index contributed by atoms with van der Waals surface area (Å²) >= 11 is 0. The van der Waals surface area contributed by atoms with Gasteiger partial charge >= 0.3 is 0 Å². The van der Waals surface area contributed by atoms with Crippen LogP contribution in [0.3, 0.4) is 0 Å². The molecule has 0 spiro atoms. The molecule has 2 rings (SSSR count). The van der Waals surface area contributed by atoms with Crippen LogP contribution >= 0.6 is 0 Å². The number of rotatable bonds is 3. The predicted molar refractivity (Wildman–Crippen MR) is 77.9 cm³/mol. The monoisotopic (exact) mass is 293 g/mol. The van der Waals surface area contributed by atoms with Crippen LogP contribution in [0, 0.1) is 38.2 Å². The van der Waals surface area contributed by atoms with Gasteiger partial charge in [-0.05, 0) is 56.1 Å². The fourth-order valence-electron chi connectivity index (χ4n) is 2.55. The first-order valence-electron chi connectivity index (χ1n) is 6.74. The molecule has 21 heavy (non-hydrogen) atoms. The van der Waals surface area contributed by atoms with Gasteiger partial charge in [0.25, 0.3) is 0 Å². The lowest BCUT2D eigenvalue weighted by Crippen LogP contribution is -2.20. The summed E-state index contributed by atoms with van der Waals surface area (Å²) in [6.07, 6.45) is 0. The SMILES string of the molecule is CNC(c1cc(C)c(F)c(C)c1)c1cc(C)c(F)cc1F. The first kappa shape index (κ1) is 15.6. The molecule has 0 saturated carbocycles. The number of benzene rings is 2. The third-order valence-corrected chi connectivity index (χ3v) is 3.67. The minimum atomic E-state index is -0.614. The molecule has 0 bridgehead atoms. The molecule has 0 aliphatic carbocycles. The van der Waals surface area contributed by atoms with Crippen molar-refractivity contribution in [2.45, 2.75) is 26.8 Å². The molecule has 0 saturated heterocycles. The van der Waals surface area contributed by atoms with Crippen LogP contribution in [0.2, 0.25) is 0 Å². The Morgan fingerprint density at radius 3 is 1.90 bits per heavy atom. The summed E-state index contributed by atoms with van der Waals surface area (Å²) < 4.78 is 41.2. The summed E-state index contributed by atoms with van der Waals surface area (Å²) in [4.78, 5) is 0. The van der Waals surface area contributed by atoms with E-state index in [0.29, 0.717) is 22.3 Å². The van der Waals surface area contributed by atoms with Crippen molar-refractivity contribution in [3.8, 4) is 0 Å². The largest absolute Gasteiger partial charge is 0.309 e. The second-order valence-corrected chi connectivity index (χ2v) is 5.31. The molecule has 0 fully saturated rings. The zero-order valence-electron chi connectivity index (χ0n) is 12.5.